The Morgan fingerprint density at radius 2 is 1.82 bits per heavy atom. The number of rotatable bonds is 10. The summed E-state index contributed by atoms with van der Waals surface area (Å²) in [6.07, 6.45) is 2.75. The topological polar surface area (TPSA) is 105 Å². The van der Waals surface area contributed by atoms with Crippen molar-refractivity contribution in [1.29, 1.82) is 0 Å². The van der Waals surface area contributed by atoms with Gasteiger partial charge in [-0.3, -0.25) is 9.59 Å². The highest BCUT2D eigenvalue weighted by Gasteiger charge is 2.26. The summed E-state index contributed by atoms with van der Waals surface area (Å²) in [6.45, 7) is 1.89. The van der Waals surface area contributed by atoms with E-state index >= 15 is 0 Å². The van der Waals surface area contributed by atoms with Crippen LogP contribution in [0, 0.1) is 0 Å². The number of benzene rings is 2. The van der Waals surface area contributed by atoms with Gasteiger partial charge >= 0.3 is 0 Å². The number of ether oxygens (including phenoxy) is 1. The minimum Gasteiger partial charge on any atom is -0.383 e. The Morgan fingerprint density at radius 1 is 1.06 bits per heavy atom. The Labute approximate surface area is 199 Å². The predicted octanol–water partition coefficient (Wildman–Crippen LogP) is 2.97. The van der Waals surface area contributed by atoms with E-state index in [9.17, 15) is 18.0 Å². The zero-order chi connectivity index (χ0) is 23.7. The maximum absolute atomic E-state index is 13.0. The van der Waals surface area contributed by atoms with Crippen molar-refractivity contribution in [2.75, 3.05) is 44.4 Å². The molecule has 178 valence electrons. The Balaban J connectivity index is 1.68. The van der Waals surface area contributed by atoms with E-state index in [0.717, 1.165) is 19.3 Å². The molecule has 0 radical (unpaired) electrons. The van der Waals surface area contributed by atoms with Gasteiger partial charge in [-0.05, 0) is 43.2 Å². The van der Waals surface area contributed by atoms with Gasteiger partial charge in [0.2, 0.25) is 15.9 Å². The van der Waals surface area contributed by atoms with Crippen LogP contribution in [0.1, 0.15) is 29.6 Å². The Kier molecular flexibility index (Phi) is 9.30. The van der Waals surface area contributed by atoms with Crippen LogP contribution in [0.5, 0.6) is 0 Å². The summed E-state index contributed by atoms with van der Waals surface area (Å²) < 4.78 is 32.3. The molecule has 2 N–H and O–H groups in total. The SMILES string of the molecule is COCCNC(=O)CSc1ccccc1C(=O)Nc1cccc(S(=O)(=O)N2CCCCC2)c1. The summed E-state index contributed by atoms with van der Waals surface area (Å²) in [7, 11) is -2.03. The third-order valence-corrected chi connectivity index (χ3v) is 8.13. The molecule has 8 nitrogen and oxygen atoms in total. The van der Waals surface area contributed by atoms with E-state index in [1.807, 2.05) is 0 Å². The van der Waals surface area contributed by atoms with E-state index in [2.05, 4.69) is 10.6 Å². The number of thioether (sulfide) groups is 1. The van der Waals surface area contributed by atoms with E-state index in [1.54, 1.807) is 49.6 Å². The van der Waals surface area contributed by atoms with Crippen LogP contribution in [0.3, 0.4) is 0 Å². The summed E-state index contributed by atoms with van der Waals surface area (Å²) in [5.41, 5.74) is 0.812. The fraction of sp³-hybridized carbons (Fsp3) is 0.391. The molecular formula is C23H29N3O5S2. The average molecular weight is 492 g/mol. The quantitative estimate of drug-likeness (QED) is 0.391. The lowest BCUT2D eigenvalue weighted by atomic mass is 10.2. The molecule has 2 amide bonds. The third-order valence-electron chi connectivity index (χ3n) is 5.16. The van der Waals surface area contributed by atoms with Crippen LogP contribution < -0.4 is 10.6 Å². The first-order valence-electron chi connectivity index (χ1n) is 10.8. The Bertz CT molecular complexity index is 1070. The number of nitrogens with zero attached hydrogens (tertiary/aromatic N) is 1. The smallest absolute Gasteiger partial charge is 0.256 e. The van der Waals surface area contributed by atoms with Crippen LogP contribution in [0.2, 0.25) is 0 Å². The van der Waals surface area contributed by atoms with E-state index in [4.69, 9.17) is 4.74 Å². The molecule has 33 heavy (non-hydrogen) atoms. The van der Waals surface area contributed by atoms with E-state index in [-0.39, 0.29) is 22.5 Å². The molecular weight excluding hydrogens is 462 g/mol. The summed E-state index contributed by atoms with van der Waals surface area (Å²) in [6, 6.07) is 13.3. The zero-order valence-electron chi connectivity index (χ0n) is 18.6. The number of piperidine rings is 1. The molecule has 2 aromatic rings. The summed E-state index contributed by atoms with van der Waals surface area (Å²) in [4.78, 5) is 25.8. The van der Waals surface area contributed by atoms with Gasteiger partial charge in [-0.25, -0.2) is 8.42 Å². The first-order valence-corrected chi connectivity index (χ1v) is 13.2. The molecule has 0 saturated carbocycles. The number of nitrogens with one attached hydrogen (secondary N) is 2. The van der Waals surface area contributed by atoms with Gasteiger partial charge in [0, 0.05) is 37.3 Å². The number of carbonyl (C=O) groups excluding carboxylic acids is 2. The van der Waals surface area contributed by atoms with E-state index in [0.29, 0.717) is 42.4 Å². The minimum absolute atomic E-state index is 0.150. The van der Waals surface area contributed by atoms with Crippen LogP contribution in [0.25, 0.3) is 0 Å². The van der Waals surface area contributed by atoms with Gasteiger partial charge < -0.3 is 15.4 Å². The molecule has 2 aromatic carbocycles. The monoisotopic (exact) mass is 491 g/mol. The number of anilines is 1. The van der Waals surface area contributed by atoms with Crippen LogP contribution in [-0.4, -0.2) is 63.6 Å². The van der Waals surface area contributed by atoms with Crippen LogP contribution >= 0.6 is 11.8 Å². The summed E-state index contributed by atoms with van der Waals surface area (Å²) in [5.74, 6) is -0.356. The van der Waals surface area contributed by atoms with Crippen molar-refractivity contribution >= 4 is 39.3 Å². The van der Waals surface area contributed by atoms with E-state index < -0.39 is 10.0 Å². The number of carbonyl (C=O) groups is 2. The molecule has 1 fully saturated rings. The van der Waals surface area contributed by atoms with Crippen molar-refractivity contribution in [1.82, 2.24) is 9.62 Å². The first-order chi connectivity index (χ1) is 15.9. The van der Waals surface area contributed by atoms with Gasteiger partial charge in [0.15, 0.2) is 0 Å². The lowest BCUT2D eigenvalue weighted by Gasteiger charge is -2.26. The van der Waals surface area contributed by atoms with Crippen molar-refractivity contribution in [2.45, 2.75) is 29.1 Å². The second-order valence-corrected chi connectivity index (χ2v) is 10.5. The number of amides is 2. The average Bonchev–Trinajstić information content (AvgIpc) is 2.84. The Hall–Kier alpha value is -2.40. The van der Waals surface area contributed by atoms with E-state index in [1.165, 1.54) is 22.1 Å². The second kappa shape index (κ2) is 12.2. The predicted molar refractivity (Wildman–Crippen MR) is 129 cm³/mol. The lowest BCUT2D eigenvalue weighted by molar-refractivity contribution is -0.118. The number of hydrogen-bond acceptors (Lipinski definition) is 6. The molecule has 3 rings (SSSR count). The molecule has 0 aliphatic carbocycles. The number of methoxy groups -OCH3 is 1. The molecule has 1 aliphatic heterocycles. The van der Waals surface area contributed by atoms with Crippen molar-refractivity contribution in [3.63, 3.8) is 0 Å². The van der Waals surface area contributed by atoms with Crippen molar-refractivity contribution < 1.29 is 22.7 Å². The summed E-state index contributed by atoms with van der Waals surface area (Å²) in [5, 5.41) is 5.53. The molecule has 0 spiro atoms. The zero-order valence-corrected chi connectivity index (χ0v) is 20.2. The molecule has 0 bridgehead atoms. The van der Waals surface area contributed by atoms with Gasteiger partial charge in [-0.1, -0.05) is 24.6 Å². The normalized spacial score (nSPS) is 14.6. The highest BCUT2D eigenvalue weighted by atomic mass is 32.2. The van der Waals surface area contributed by atoms with Crippen LogP contribution in [0.4, 0.5) is 5.69 Å². The molecule has 10 heteroatoms. The van der Waals surface area contributed by atoms with Crippen LogP contribution in [0.15, 0.2) is 58.3 Å². The highest BCUT2D eigenvalue weighted by molar-refractivity contribution is 8.00. The highest BCUT2D eigenvalue weighted by Crippen LogP contribution is 2.25. The first kappa shape index (κ1) is 25.2. The largest absolute Gasteiger partial charge is 0.383 e. The second-order valence-electron chi connectivity index (χ2n) is 7.57. The van der Waals surface area contributed by atoms with Crippen molar-refractivity contribution in [3.05, 3.63) is 54.1 Å². The standard InChI is InChI=1S/C23H29N3O5S2/c1-31-15-12-24-22(27)17-32-21-11-4-3-10-20(21)23(28)25-18-8-7-9-19(16-18)33(29,30)26-13-5-2-6-14-26/h3-4,7-11,16H,2,5-6,12-15,17H2,1H3,(H,24,27)(H,25,28). The summed E-state index contributed by atoms with van der Waals surface area (Å²) >= 11 is 1.26. The minimum atomic E-state index is -3.60. The van der Waals surface area contributed by atoms with Crippen molar-refractivity contribution in [2.24, 2.45) is 0 Å². The third kappa shape index (κ3) is 7.04. The molecule has 1 saturated heterocycles. The van der Waals surface area contributed by atoms with Crippen LogP contribution in [-0.2, 0) is 19.6 Å². The van der Waals surface area contributed by atoms with Gasteiger partial charge in [0.05, 0.1) is 22.8 Å². The molecule has 1 heterocycles. The molecule has 0 atom stereocenters. The molecule has 1 aliphatic rings. The molecule has 0 aromatic heterocycles. The fourth-order valence-corrected chi connectivity index (χ4v) is 5.90. The van der Waals surface area contributed by atoms with Gasteiger partial charge in [0.1, 0.15) is 0 Å². The number of sulfonamides is 1. The van der Waals surface area contributed by atoms with Gasteiger partial charge in [-0.15, -0.1) is 11.8 Å². The van der Waals surface area contributed by atoms with Gasteiger partial charge in [0.25, 0.3) is 5.91 Å². The fourth-order valence-electron chi connectivity index (χ4n) is 3.45. The van der Waals surface area contributed by atoms with Crippen molar-refractivity contribution in [3.8, 4) is 0 Å². The van der Waals surface area contributed by atoms with Gasteiger partial charge in [-0.2, -0.15) is 4.31 Å². The maximum Gasteiger partial charge on any atom is 0.256 e. The Morgan fingerprint density at radius 3 is 2.58 bits per heavy atom. The maximum atomic E-state index is 13.0. The molecule has 0 unspecified atom stereocenters. The number of hydrogen-bond donors (Lipinski definition) is 2. The lowest BCUT2D eigenvalue weighted by Crippen LogP contribution is -2.35.